The van der Waals surface area contributed by atoms with Crippen LogP contribution in [-0.4, -0.2) is 12.6 Å². The molecule has 16 heavy (non-hydrogen) atoms. The van der Waals surface area contributed by atoms with Crippen molar-refractivity contribution in [3.8, 4) is 0 Å². The van der Waals surface area contributed by atoms with E-state index in [0.29, 0.717) is 5.88 Å². The number of anilines is 1. The largest absolute Gasteiger partial charge is 0.369 e. The number of rotatable bonds is 4. The topological polar surface area (TPSA) is 3.24 Å². The number of alkyl halides is 1. The summed E-state index contributed by atoms with van der Waals surface area (Å²) in [5.74, 6) is 0.607. The molecule has 0 bridgehead atoms. The molecule has 0 aliphatic heterocycles. The van der Waals surface area contributed by atoms with Crippen LogP contribution in [0.5, 0.6) is 0 Å². The van der Waals surface area contributed by atoms with E-state index in [9.17, 15) is 0 Å². The van der Waals surface area contributed by atoms with Crippen molar-refractivity contribution in [1.29, 1.82) is 0 Å². The maximum absolute atomic E-state index is 5.81. The lowest BCUT2D eigenvalue weighted by Gasteiger charge is -2.30. The Bertz CT molecular complexity index is 314. The minimum atomic E-state index is 0.607. The van der Waals surface area contributed by atoms with Gasteiger partial charge < -0.3 is 4.90 Å². The van der Waals surface area contributed by atoms with Crippen LogP contribution >= 0.6 is 11.6 Å². The van der Waals surface area contributed by atoms with Gasteiger partial charge in [-0.3, -0.25) is 0 Å². The van der Waals surface area contributed by atoms with Crippen LogP contribution in [0, 0.1) is 0 Å². The van der Waals surface area contributed by atoms with E-state index in [1.807, 2.05) is 0 Å². The van der Waals surface area contributed by atoms with Crippen molar-refractivity contribution < 1.29 is 0 Å². The van der Waals surface area contributed by atoms with Gasteiger partial charge in [0.05, 0.1) is 0 Å². The van der Waals surface area contributed by atoms with Crippen LogP contribution in [0.2, 0.25) is 0 Å². The molecule has 0 heterocycles. The van der Waals surface area contributed by atoms with Gasteiger partial charge >= 0.3 is 0 Å². The first-order valence-electron chi connectivity index (χ1n) is 6.26. The Balaban J connectivity index is 2.12. The van der Waals surface area contributed by atoms with E-state index in [4.69, 9.17) is 11.6 Å². The summed E-state index contributed by atoms with van der Waals surface area (Å²) in [6.45, 7) is 3.35. The van der Waals surface area contributed by atoms with Crippen molar-refractivity contribution in [3.63, 3.8) is 0 Å². The minimum absolute atomic E-state index is 0.607. The summed E-state index contributed by atoms with van der Waals surface area (Å²) in [7, 11) is 0. The van der Waals surface area contributed by atoms with Gasteiger partial charge in [-0.1, -0.05) is 25.0 Å². The van der Waals surface area contributed by atoms with Gasteiger partial charge in [-0.05, 0) is 37.5 Å². The number of hydrogen-bond acceptors (Lipinski definition) is 1. The summed E-state index contributed by atoms with van der Waals surface area (Å²) in [6, 6.07) is 9.45. The van der Waals surface area contributed by atoms with E-state index in [1.165, 1.54) is 36.9 Å². The molecular weight excluding hydrogens is 218 g/mol. The summed E-state index contributed by atoms with van der Waals surface area (Å²) in [5.41, 5.74) is 2.55. The van der Waals surface area contributed by atoms with Gasteiger partial charge in [-0.15, -0.1) is 11.6 Å². The van der Waals surface area contributed by atoms with Gasteiger partial charge in [0.2, 0.25) is 0 Å². The molecule has 0 radical (unpaired) electrons. The molecule has 1 nitrogen and oxygen atoms in total. The first-order chi connectivity index (χ1) is 7.85. The molecular formula is C14H20ClN. The average molecular weight is 238 g/mol. The van der Waals surface area contributed by atoms with Gasteiger partial charge in [0.15, 0.2) is 0 Å². The molecule has 0 N–H and O–H groups in total. The van der Waals surface area contributed by atoms with Crippen LogP contribution < -0.4 is 4.90 Å². The molecule has 1 aromatic rings. The standard InChI is InChI=1S/C14H20ClN/c1-2-16(13-5-3-4-6-13)14-9-7-12(11-15)8-10-14/h7-10,13H,2-6,11H2,1H3. The van der Waals surface area contributed by atoms with Crippen LogP contribution in [0.1, 0.15) is 38.2 Å². The maximum atomic E-state index is 5.81. The van der Waals surface area contributed by atoms with Gasteiger partial charge in [0, 0.05) is 24.2 Å². The second-order valence-corrected chi connectivity index (χ2v) is 4.79. The smallest absolute Gasteiger partial charge is 0.0474 e. The third-order valence-electron chi connectivity index (χ3n) is 3.53. The van der Waals surface area contributed by atoms with Gasteiger partial charge in [-0.25, -0.2) is 0 Å². The van der Waals surface area contributed by atoms with Gasteiger partial charge in [0.1, 0.15) is 0 Å². The fourth-order valence-corrected chi connectivity index (χ4v) is 2.82. The molecule has 0 spiro atoms. The Labute approximate surface area is 103 Å². The molecule has 1 aromatic carbocycles. The predicted octanol–water partition coefficient (Wildman–Crippen LogP) is 4.19. The monoisotopic (exact) mass is 237 g/mol. The Hall–Kier alpha value is -0.690. The molecule has 0 atom stereocenters. The van der Waals surface area contributed by atoms with E-state index in [0.717, 1.165) is 12.6 Å². The SMILES string of the molecule is CCN(c1ccc(CCl)cc1)C1CCCC1. The Kier molecular flexibility index (Phi) is 4.11. The molecule has 1 fully saturated rings. The van der Waals surface area contributed by atoms with E-state index in [1.54, 1.807) is 0 Å². The highest BCUT2D eigenvalue weighted by Gasteiger charge is 2.21. The zero-order valence-electron chi connectivity index (χ0n) is 9.95. The van der Waals surface area contributed by atoms with E-state index in [2.05, 4.69) is 36.1 Å². The fraction of sp³-hybridized carbons (Fsp3) is 0.571. The normalized spacial score (nSPS) is 16.6. The van der Waals surface area contributed by atoms with Crippen molar-refractivity contribution in [3.05, 3.63) is 29.8 Å². The molecule has 2 rings (SSSR count). The first-order valence-corrected chi connectivity index (χ1v) is 6.80. The molecule has 0 amide bonds. The predicted molar refractivity (Wildman–Crippen MR) is 71.3 cm³/mol. The first kappa shape index (κ1) is 11.8. The molecule has 1 aliphatic carbocycles. The number of hydrogen-bond donors (Lipinski definition) is 0. The van der Waals surface area contributed by atoms with Crippen molar-refractivity contribution in [2.75, 3.05) is 11.4 Å². The zero-order valence-corrected chi connectivity index (χ0v) is 10.7. The van der Waals surface area contributed by atoms with Crippen molar-refractivity contribution in [2.24, 2.45) is 0 Å². The highest BCUT2D eigenvalue weighted by Crippen LogP contribution is 2.28. The zero-order chi connectivity index (χ0) is 11.4. The maximum Gasteiger partial charge on any atom is 0.0474 e. The van der Waals surface area contributed by atoms with E-state index >= 15 is 0 Å². The molecule has 88 valence electrons. The highest BCUT2D eigenvalue weighted by atomic mass is 35.5. The Morgan fingerprint density at radius 3 is 2.31 bits per heavy atom. The molecule has 1 aliphatic rings. The summed E-state index contributed by atoms with van der Waals surface area (Å²) < 4.78 is 0. The molecule has 0 saturated heterocycles. The molecule has 0 aromatic heterocycles. The minimum Gasteiger partial charge on any atom is -0.369 e. The lowest BCUT2D eigenvalue weighted by molar-refractivity contribution is 0.620. The van der Waals surface area contributed by atoms with Crippen LogP contribution in [-0.2, 0) is 5.88 Å². The lowest BCUT2D eigenvalue weighted by atomic mass is 10.1. The Morgan fingerprint density at radius 1 is 1.19 bits per heavy atom. The van der Waals surface area contributed by atoms with Crippen molar-refractivity contribution >= 4 is 17.3 Å². The van der Waals surface area contributed by atoms with Crippen LogP contribution in [0.25, 0.3) is 0 Å². The summed E-state index contributed by atoms with van der Waals surface area (Å²) >= 11 is 5.81. The second-order valence-electron chi connectivity index (χ2n) is 4.52. The number of benzene rings is 1. The van der Waals surface area contributed by atoms with Crippen molar-refractivity contribution in [1.82, 2.24) is 0 Å². The number of halogens is 1. The fourth-order valence-electron chi connectivity index (χ4n) is 2.64. The van der Waals surface area contributed by atoms with Gasteiger partial charge in [-0.2, -0.15) is 0 Å². The highest BCUT2D eigenvalue weighted by molar-refractivity contribution is 6.17. The van der Waals surface area contributed by atoms with Crippen LogP contribution in [0.4, 0.5) is 5.69 Å². The van der Waals surface area contributed by atoms with Crippen LogP contribution in [0.15, 0.2) is 24.3 Å². The van der Waals surface area contributed by atoms with Crippen LogP contribution in [0.3, 0.4) is 0 Å². The van der Waals surface area contributed by atoms with E-state index in [-0.39, 0.29) is 0 Å². The lowest BCUT2D eigenvalue weighted by Crippen LogP contribution is -2.32. The van der Waals surface area contributed by atoms with Gasteiger partial charge in [0.25, 0.3) is 0 Å². The average Bonchev–Trinajstić information content (AvgIpc) is 2.85. The Morgan fingerprint density at radius 2 is 1.81 bits per heavy atom. The van der Waals surface area contributed by atoms with Crippen molar-refractivity contribution in [2.45, 2.75) is 44.5 Å². The summed E-state index contributed by atoms with van der Waals surface area (Å²) in [4.78, 5) is 2.53. The second kappa shape index (κ2) is 5.58. The molecule has 0 unspecified atom stereocenters. The third kappa shape index (κ3) is 2.52. The third-order valence-corrected chi connectivity index (χ3v) is 3.84. The summed E-state index contributed by atoms with van der Waals surface area (Å²) in [6.07, 6.45) is 5.48. The molecule has 1 saturated carbocycles. The number of nitrogens with zero attached hydrogens (tertiary/aromatic N) is 1. The quantitative estimate of drug-likeness (QED) is 0.710. The van der Waals surface area contributed by atoms with E-state index < -0.39 is 0 Å². The molecule has 2 heteroatoms. The summed E-state index contributed by atoms with van der Waals surface area (Å²) in [5, 5.41) is 0.